The third-order valence-corrected chi connectivity index (χ3v) is 3.31. The van der Waals surface area contributed by atoms with Crippen molar-refractivity contribution in [1.29, 1.82) is 0 Å². The number of hydrogen-bond donors (Lipinski definition) is 1. The fourth-order valence-electron chi connectivity index (χ4n) is 2.08. The van der Waals surface area contributed by atoms with E-state index in [9.17, 15) is 9.18 Å². The largest absolute Gasteiger partial charge is 0.378 e. The number of aromatic amines is 1. The van der Waals surface area contributed by atoms with Crippen molar-refractivity contribution in [3.63, 3.8) is 0 Å². The van der Waals surface area contributed by atoms with Gasteiger partial charge in [-0.25, -0.2) is 9.37 Å². The maximum absolute atomic E-state index is 13.2. The Balaban J connectivity index is 2.15. The van der Waals surface area contributed by atoms with Crippen LogP contribution in [0.5, 0.6) is 0 Å². The molecule has 1 N–H and O–H groups in total. The number of anilines is 1. The predicted molar refractivity (Wildman–Crippen MR) is 70.4 cm³/mol. The van der Waals surface area contributed by atoms with Crippen molar-refractivity contribution in [3.8, 4) is 0 Å². The Morgan fingerprint density at radius 1 is 1.37 bits per heavy atom. The van der Waals surface area contributed by atoms with Crippen LogP contribution in [0.25, 0.3) is 10.9 Å². The third kappa shape index (κ3) is 2.29. The quantitative estimate of drug-likeness (QED) is 0.863. The molecule has 0 saturated carbocycles. The number of benzene rings is 1. The van der Waals surface area contributed by atoms with E-state index >= 15 is 0 Å². The maximum Gasteiger partial charge on any atom is 0.260 e. The summed E-state index contributed by atoms with van der Waals surface area (Å²) in [5, 5.41) is 0.289. The predicted octanol–water partition coefficient (Wildman–Crippen LogP) is 1.55. The van der Waals surface area contributed by atoms with E-state index in [0.717, 1.165) is 12.1 Å². The van der Waals surface area contributed by atoms with E-state index in [1.54, 1.807) is 0 Å². The van der Waals surface area contributed by atoms with Gasteiger partial charge in [0.25, 0.3) is 5.56 Å². The maximum atomic E-state index is 13.2. The third-order valence-electron chi connectivity index (χ3n) is 3.03. The first-order valence-corrected chi connectivity index (χ1v) is 6.25. The zero-order chi connectivity index (χ0) is 13.4. The molecule has 1 aliphatic rings. The normalized spacial score (nSPS) is 16.0. The molecule has 19 heavy (non-hydrogen) atoms. The van der Waals surface area contributed by atoms with E-state index in [-0.39, 0.29) is 10.4 Å². The van der Waals surface area contributed by atoms with Crippen molar-refractivity contribution in [2.75, 3.05) is 31.2 Å². The van der Waals surface area contributed by atoms with Gasteiger partial charge in [-0.2, -0.15) is 0 Å². The summed E-state index contributed by atoms with van der Waals surface area (Å²) in [6.07, 6.45) is 0. The fraction of sp³-hybridized carbons (Fsp3) is 0.333. The molecule has 0 amide bonds. The molecule has 1 fully saturated rings. The molecule has 1 aliphatic heterocycles. The van der Waals surface area contributed by atoms with Crippen LogP contribution in [-0.4, -0.2) is 36.3 Å². The van der Waals surface area contributed by atoms with Crippen LogP contribution in [0.15, 0.2) is 16.9 Å². The standard InChI is InChI=1S/C12H11ClFN3O2/c13-9-6-7(14)5-8-10(9)15-12(16-11(8)18)17-1-3-19-4-2-17/h5-6H,1-4H2,(H,15,16,18). The second-order valence-electron chi connectivity index (χ2n) is 4.27. The van der Waals surface area contributed by atoms with Gasteiger partial charge in [0.15, 0.2) is 0 Å². The van der Waals surface area contributed by atoms with Gasteiger partial charge in [0.1, 0.15) is 5.82 Å². The second kappa shape index (κ2) is 4.79. The highest BCUT2D eigenvalue weighted by atomic mass is 35.5. The lowest BCUT2D eigenvalue weighted by atomic mass is 10.2. The van der Waals surface area contributed by atoms with Gasteiger partial charge in [0.05, 0.1) is 29.1 Å². The highest BCUT2D eigenvalue weighted by Crippen LogP contribution is 2.22. The zero-order valence-corrected chi connectivity index (χ0v) is 10.7. The van der Waals surface area contributed by atoms with Crippen LogP contribution in [0, 0.1) is 5.82 Å². The van der Waals surface area contributed by atoms with Gasteiger partial charge in [0, 0.05) is 13.1 Å². The fourth-order valence-corrected chi connectivity index (χ4v) is 2.33. The van der Waals surface area contributed by atoms with E-state index in [4.69, 9.17) is 16.3 Å². The SMILES string of the molecule is O=c1[nH]c(N2CCOCC2)nc2c(Cl)cc(F)cc12. The van der Waals surface area contributed by atoms with E-state index in [0.29, 0.717) is 37.8 Å². The first-order chi connectivity index (χ1) is 9.15. The van der Waals surface area contributed by atoms with Gasteiger partial charge < -0.3 is 9.64 Å². The van der Waals surface area contributed by atoms with Gasteiger partial charge in [-0.05, 0) is 12.1 Å². The summed E-state index contributed by atoms with van der Waals surface area (Å²) in [7, 11) is 0. The summed E-state index contributed by atoms with van der Waals surface area (Å²) in [6, 6.07) is 2.29. The average Bonchev–Trinajstić information content (AvgIpc) is 2.41. The summed E-state index contributed by atoms with van der Waals surface area (Å²) in [5.74, 6) is -0.113. The van der Waals surface area contributed by atoms with Crippen molar-refractivity contribution in [1.82, 2.24) is 9.97 Å². The number of nitrogens with zero attached hydrogens (tertiary/aromatic N) is 2. The summed E-state index contributed by atoms with van der Waals surface area (Å²) < 4.78 is 18.5. The minimum Gasteiger partial charge on any atom is -0.378 e. The molecule has 2 heterocycles. The molecule has 0 aliphatic carbocycles. The first-order valence-electron chi connectivity index (χ1n) is 5.87. The van der Waals surface area contributed by atoms with Crippen LogP contribution in [0.2, 0.25) is 5.02 Å². The molecule has 3 rings (SSSR count). The summed E-state index contributed by atoms with van der Waals surface area (Å²) >= 11 is 5.95. The molecular formula is C12H11ClFN3O2. The molecule has 0 unspecified atom stereocenters. The van der Waals surface area contributed by atoms with Crippen LogP contribution < -0.4 is 10.5 Å². The molecule has 1 aromatic heterocycles. The van der Waals surface area contributed by atoms with Crippen molar-refractivity contribution in [2.45, 2.75) is 0 Å². The van der Waals surface area contributed by atoms with Crippen molar-refractivity contribution < 1.29 is 9.13 Å². The van der Waals surface area contributed by atoms with Gasteiger partial charge >= 0.3 is 0 Å². The van der Waals surface area contributed by atoms with Gasteiger partial charge in [-0.1, -0.05) is 11.6 Å². The van der Waals surface area contributed by atoms with Crippen LogP contribution in [0.4, 0.5) is 10.3 Å². The highest BCUT2D eigenvalue weighted by molar-refractivity contribution is 6.35. The lowest BCUT2D eigenvalue weighted by Crippen LogP contribution is -2.38. The van der Waals surface area contributed by atoms with Crippen LogP contribution in [0.1, 0.15) is 0 Å². The number of rotatable bonds is 1. The molecule has 1 saturated heterocycles. The van der Waals surface area contributed by atoms with Gasteiger partial charge in [-0.15, -0.1) is 0 Å². The molecule has 0 spiro atoms. The smallest absolute Gasteiger partial charge is 0.260 e. The average molecular weight is 284 g/mol. The molecular weight excluding hydrogens is 273 g/mol. The molecule has 7 heteroatoms. The minimum absolute atomic E-state index is 0.135. The number of nitrogens with one attached hydrogen (secondary N) is 1. The number of hydrogen-bond acceptors (Lipinski definition) is 4. The van der Waals surface area contributed by atoms with E-state index in [1.165, 1.54) is 0 Å². The summed E-state index contributed by atoms with van der Waals surface area (Å²) in [5.41, 5.74) is -0.0822. The zero-order valence-electron chi connectivity index (χ0n) is 9.95. The summed E-state index contributed by atoms with van der Waals surface area (Å²) in [4.78, 5) is 20.8. The van der Waals surface area contributed by atoms with Crippen LogP contribution in [-0.2, 0) is 4.74 Å². The Morgan fingerprint density at radius 3 is 2.84 bits per heavy atom. The number of halogens is 2. The Hall–Kier alpha value is -1.66. The van der Waals surface area contributed by atoms with Crippen molar-refractivity contribution in [2.24, 2.45) is 0 Å². The van der Waals surface area contributed by atoms with E-state index in [2.05, 4.69) is 9.97 Å². The molecule has 100 valence electrons. The molecule has 0 bridgehead atoms. The Morgan fingerprint density at radius 2 is 2.11 bits per heavy atom. The van der Waals surface area contributed by atoms with Gasteiger partial charge in [-0.3, -0.25) is 9.78 Å². The van der Waals surface area contributed by atoms with Gasteiger partial charge in [0.2, 0.25) is 5.95 Å². The monoisotopic (exact) mass is 283 g/mol. The molecule has 1 aromatic carbocycles. The Kier molecular flexibility index (Phi) is 3.12. The lowest BCUT2D eigenvalue weighted by molar-refractivity contribution is 0.122. The van der Waals surface area contributed by atoms with E-state index in [1.807, 2.05) is 4.90 Å². The molecule has 0 radical (unpaired) electrons. The number of H-pyrrole nitrogens is 1. The van der Waals surface area contributed by atoms with Crippen molar-refractivity contribution in [3.05, 3.63) is 33.3 Å². The molecule has 2 aromatic rings. The second-order valence-corrected chi connectivity index (χ2v) is 4.68. The van der Waals surface area contributed by atoms with Crippen LogP contribution in [0.3, 0.4) is 0 Å². The highest BCUT2D eigenvalue weighted by Gasteiger charge is 2.16. The Bertz CT molecular complexity index is 682. The van der Waals surface area contributed by atoms with Crippen LogP contribution >= 0.6 is 11.6 Å². The molecule has 0 atom stereocenters. The Labute approximate surface area is 113 Å². The number of morpholine rings is 1. The number of fused-ring (bicyclic) bond motifs is 1. The number of aromatic nitrogens is 2. The summed E-state index contributed by atoms with van der Waals surface area (Å²) in [6.45, 7) is 2.46. The first kappa shape index (κ1) is 12.4. The topological polar surface area (TPSA) is 58.2 Å². The lowest BCUT2D eigenvalue weighted by Gasteiger charge is -2.27. The number of ether oxygens (including phenoxy) is 1. The minimum atomic E-state index is -0.552. The molecule has 5 nitrogen and oxygen atoms in total. The van der Waals surface area contributed by atoms with E-state index < -0.39 is 11.4 Å². The van der Waals surface area contributed by atoms with Crippen molar-refractivity contribution >= 4 is 28.5 Å².